The van der Waals surface area contributed by atoms with E-state index in [0.717, 1.165) is 19.4 Å². The molecule has 0 spiro atoms. The monoisotopic (exact) mass is 229 g/mol. The van der Waals surface area contributed by atoms with Crippen LogP contribution in [0.15, 0.2) is 4.99 Å². The zero-order valence-electron chi connectivity index (χ0n) is 11.1. The Morgan fingerprint density at radius 3 is 2.56 bits per heavy atom. The molecule has 0 rings (SSSR count). The summed E-state index contributed by atoms with van der Waals surface area (Å²) in [6.45, 7) is 10.7. The molecule has 1 atom stereocenters. The molecule has 16 heavy (non-hydrogen) atoms. The Labute approximate surface area is 99.7 Å². The second-order valence-electron chi connectivity index (χ2n) is 4.52. The fourth-order valence-electron chi connectivity index (χ4n) is 1.05. The van der Waals surface area contributed by atoms with Crippen molar-refractivity contribution in [2.45, 2.75) is 46.6 Å². The normalized spacial score (nSPS) is 14.2. The molecule has 0 amide bonds. The van der Waals surface area contributed by atoms with Crippen molar-refractivity contribution in [1.29, 1.82) is 0 Å². The van der Waals surface area contributed by atoms with Gasteiger partial charge in [-0.15, -0.1) is 0 Å². The Bertz CT molecular complexity index is 193. The number of aliphatic imine (C=N–C) groups is 1. The lowest BCUT2D eigenvalue weighted by Gasteiger charge is -2.11. The highest BCUT2D eigenvalue weighted by atomic mass is 16.5. The van der Waals surface area contributed by atoms with Crippen LogP contribution in [-0.2, 0) is 4.74 Å². The Hall–Kier alpha value is -0.770. The van der Waals surface area contributed by atoms with Crippen LogP contribution in [0.4, 0.5) is 0 Å². The molecular weight excluding hydrogens is 202 g/mol. The highest BCUT2D eigenvalue weighted by Crippen LogP contribution is 1.98. The first kappa shape index (κ1) is 15.2. The molecule has 4 nitrogen and oxygen atoms in total. The predicted octanol–water partition coefficient (Wildman–Crippen LogP) is 1.75. The van der Waals surface area contributed by atoms with E-state index >= 15 is 0 Å². The summed E-state index contributed by atoms with van der Waals surface area (Å²) in [4.78, 5) is 4.19. The lowest BCUT2D eigenvalue weighted by Crippen LogP contribution is -2.38. The SMILES string of the molecule is CCC(C)NC(N)=NCCOCCC(C)C. The van der Waals surface area contributed by atoms with Gasteiger partial charge in [0.2, 0.25) is 0 Å². The molecule has 0 radical (unpaired) electrons. The molecule has 0 bridgehead atoms. The Morgan fingerprint density at radius 2 is 2.00 bits per heavy atom. The van der Waals surface area contributed by atoms with Gasteiger partial charge >= 0.3 is 0 Å². The lowest BCUT2D eigenvalue weighted by atomic mass is 10.1. The predicted molar refractivity (Wildman–Crippen MR) is 69.7 cm³/mol. The van der Waals surface area contributed by atoms with Crippen LogP contribution in [0.2, 0.25) is 0 Å². The summed E-state index contributed by atoms with van der Waals surface area (Å²) >= 11 is 0. The van der Waals surface area contributed by atoms with Crippen LogP contribution < -0.4 is 11.1 Å². The van der Waals surface area contributed by atoms with Gasteiger partial charge in [0.25, 0.3) is 0 Å². The van der Waals surface area contributed by atoms with Crippen LogP contribution in [0.1, 0.15) is 40.5 Å². The van der Waals surface area contributed by atoms with Crippen molar-refractivity contribution in [3.63, 3.8) is 0 Å². The summed E-state index contributed by atoms with van der Waals surface area (Å²) in [5.74, 6) is 1.21. The standard InChI is InChI=1S/C12H27N3O/c1-5-11(4)15-12(13)14-7-9-16-8-6-10(2)3/h10-11H,5-9H2,1-4H3,(H3,13,14,15). The van der Waals surface area contributed by atoms with Gasteiger partial charge in [-0.25, -0.2) is 0 Å². The van der Waals surface area contributed by atoms with Crippen LogP contribution in [-0.4, -0.2) is 31.8 Å². The number of guanidine groups is 1. The Kier molecular flexibility index (Phi) is 9.00. The largest absolute Gasteiger partial charge is 0.380 e. The quantitative estimate of drug-likeness (QED) is 0.379. The molecule has 0 fully saturated rings. The molecule has 1 unspecified atom stereocenters. The minimum Gasteiger partial charge on any atom is -0.380 e. The molecule has 0 aromatic carbocycles. The molecule has 0 aromatic heterocycles. The van der Waals surface area contributed by atoms with E-state index in [4.69, 9.17) is 10.5 Å². The molecule has 0 aliphatic heterocycles. The van der Waals surface area contributed by atoms with Gasteiger partial charge in [0.15, 0.2) is 5.96 Å². The fraction of sp³-hybridized carbons (Fsp3) is 0.917. The van der Waals surface area contributed by atoms with Crippen molar-refractivity contribution >= 4 is 5.96 Å². The third-order valence-electron chi connectivity index (χ3n) is 2.36. The second kappa shape index (κ2) is 9.46. The van der Waals surface area contributed by atoms with Crippen molar-refractivity contribution in [2.24, 2.45) is 16.6 Å². The molecular formula is C12H27N3O. The Balaban J connectivity index is 3.44. The summed E-state index contributed by atoms with van der Waals surface area (Å²) in [6, 6.07) is 0.380. The van der Waals surface area contributed by atoms with E-state index in [-0.39, 0.29) is 0 Å². The van der Waals surface area contributed by atoms with Crippen molar-refractivity contribution in [3.05, 3.63) is 0 Å². The van der Waals surface area contributed by atoms with Crippen molar-refractivity contribution in [3.8, 4) is 0 Å². The number of nitrogens with one attached hydrogen (secondary N) is 1. The van der Waals surface area contributed by atoms with Gasteiger partial charge in [0, 0.05) is 12.6 Å². The number of ether oxygens (including phenoxy) is 1. The maximum Gasteiger partial charge on any atom is 0.188 e. The molecule has 96 valence electrons. The van der Waals surface area contributed by atoms with E-state index < -0.39 is 0 Å². The number of hydrogen-bond donors (Lipinski definition) is 2. The zero-order valence-corrected chi connectivity index (χ0v) is 11.1. The summed E-state index contributed by atoms with van der Waals surface area (Å²) < 4.78 is 5.44. The highest BCUT2D eigenvalue weighted by Gasteiger charge is 1.98. The van der Waals surface area contributed by atoms with Gasteiger partial charge in [-0.05, 0) is 25.7 Å². The maximum absolute atomic E-state index is 5.70. The smallest absolute Gasteiger partial charge is 0.188 e. The minimum absolute atomic E-state index is 0.380. The van der Waals surface area contributed by atoms with Gasteiger partial charge in [0.05, 0.1) is 13.2 Å². The molecule has 0 saturated heterocycles. The lowest BCUT2D eigenvalue weighted by molar-refractivity contribution is 0.130. The molecule has 0 heterocycles. The number of rotatable bonds is 8. The van der Waals surface area contributed by atoms with Crippen LogP contribution >= 0.6 is 0 Å². The van der Waals surface area contributed by atoms with Crippen molar-refractivity contribution in [2.75, 3.05) is 19.8 Å². The summed E-state index contributed by atoms with van der Waals surface area (Å²) in [6.07, 6.45) is 2.14. The van der Waals surface area contributed by atoms with E-state index in [9.17, 15) is 0 Å². The number of nitrogens with zero attached hydrogens (tertiary/aromatic N) is 1. The van der Waals surface area contributed by atoms with Crippen LogP contribution in [0.3, 0.4) is 0 Å². The first-order chi connectivity index (χ1) is 7.56. The van der Waals surface area contributed by atoms with Crippen molar-refractivity contribution < 1.29 is 4.74 Å². The fourth-order valence-corrected chi connectivity index (χ4v) is 1.05. The molecule has 3 N–H and O–H groups in total. The topological polar surface area (TPSA) is 59.6 Å². The van der Waals surface area contributed by atoms with Gasteiger partial charge in [-0.2, -0.15) is 0 Å². The van der Waals surface area contributed by atoms with Crippen LogP contribution in [0.25, 0.3) is 0 Å². The average Bonchev–Trinajstić information content (AvgIpc) is 2.22. The highest BCUT2D eigenvalue weighted by molar-refractivity contribution is 5.78. The van der Waals surface area contributed by atoms with Gasteiger partial charge in [-0.3, -0.25) is 4.99 Å². The van der Waals surface area contributed by atoms with E-state index in [0.29, 0.717) is 31.1 Å². The third kappa shape index (κ3) is 9.77. The van der Waals surface area contributed by atoms with Crippen molar-refractivity contribution in [1.82, 2.24) is 5.32 Å². The zero-order chi connectivity index (χ0) is 12.4. The average molecular weight is 229 g/mol. The van der Waals surface area contributed by atoms with E-state index in [2.05, 4.69) is 38.0 Å². The molecule has 0 aliphatic carbocycles. The molecule has 0 aliphatic rings. The molecule has 0 aromatic rings. The first-order valence-corrected chi connectivity index (χ1v) is 6.20. The summed E-state index contributed by atoms with van der Waals surface area (Å²) in [7, 11) is 0. The minimum atomic E-state index is 0.380. The second-order valence-corrected chi connectivity index (χ2v) is 4.52. The first-order valence-electron chi connectivity index (χ1n) is 6.20. The van der Waals surface area contributed by atoms with Crippen LogP contribution in [0.5, 0.6) is 0 Å². The maximum atomic E-state index is 5.70. The summed E-state index contributed by atoms with van der Waals surface area (Å²) in [5.41, 5.74) is 5.70. The molecule has 4 heteroatoms. The Morgan fingerprint density at radius 1 is 1.31 bits per heavy atom. The van der Waals surface area contributed by atoms with Gasteiger partial charge in [0.1, 0.15) is 0 Å². The van der Waals surface area contributed by atoms with E-state index in [1.807, 2.05) is 0 Å². The van der Waals surface area contributed by atoms with Gasteiger partial charge < -0.3 is 15.8 Å². The molecule has 0 saturated carbocycles. The van der Waals surface area contributed by atoms with Crippen LogP contribution in [0, 0.1) is 5.92 Å². The van der Waals surface area contributed by atoms with E-state index in [1.165, 1.54) is 0 Å². The van der Waals surface area contributed by atoms with Gasteiger partial charge in [-0.1, -0.05) is 20.8 Å². The third-order valence-corrected chi connectivity index (χ3v) is 2.36. The number of nitrogens with two attached hydrogens (primary N) is 1. The number of hydrogen-bond acceptors (Lipinski definition) is 2. The summed E-state index contributed by atoms with van der Waals surface area (Å²) in [5, 5.41) is 3.11. The van der Waals surface area contributed by atoms with E-state index in [1.54, 1.807) is 0 Å².